The van der Waals surface area contributed by atoms with Crippen LogP contribution in [0.15, 0.2) is 10.5 Å². The highest BCUT2D eigenvalue weighted by Gasteiger charge is 2.33. The quantitative estimate of drug-likeness (QED) is 0.588. The Morgan fingerprint density at radius 1 is 1.47 bits per heavy atom. The molecule has 15 heavy (non-hydrogen) atoms. The molecule has 0 radical (unpaired) electrons. The Kier molecular flexibility index (Phi) is 3.14. The number of nitrogens with zero attached hydrogens (tertiary/aromatic N) is 2. The van der Waals surface area contributed by atoms with Crippen molar-refractivity contribution in [3.05, 3.63) is 22.2 Å². The maximum absolute atomic E-state index is 12.7. The molecule has 3 nitrogen and oxygen atoms in total. The molecule has 0 aliphatic heterocycles. The van der Waals surface area contributed by atoms with Crippen LogP contribution in [0.25, 0.3) is 0 Å². The molecule has 8 heteroatoms. The van der Waals surface area contributed by atoms with E-state index in [4.69, 9.17) is 5.26 Å². The Morgan fingerprint density at radius 3 is 2.53 bits per heavy atom. The summed E-state index contributed by atoms with van der Waals surface area (Å²) < 4.78 is 51.4. The largest absolute Gasteiger partial charge is 0.573 e. The van der Waals surface area contributed by atoms with E-state index in [1.165, 1.54) is 6.07 Å². The summed E-state index contributed by atoms with van der Waals surface area (Å²) in [6, 6.07) is 1.98. The lowest BCUT2D eigenvalue weighted by Gasteiger charge is -2.09. The maximum Gasteiger partial charge on any atom is 0.573 e. The van der Waals surface area contributed by atoms with Gasteiger partial charge in [-0.15, -0.1) is 13.2 Å². The topological polar surface area (TPSA) is 45.9 Å². The Balaban J connectivity index is 3.18. The summed E-state index contributed by atoms with van der Waals surface area (Å²) in [4.78, 5) is 2.98. The first kappa shape index (κ1) is 11.7. The third-order valence-electron chi connectivity index (χ3n) is 1.23. The van der Waals surface area contributed by atoms with Gasteiger partial charge in [0, 0.05) is 6.07 Å². The van der Waals surface area contributed by atoms with Crippen LogP contribution >= 0.6 is 15.9 Å². The normalized spacial score (nSPS) is 10.9. The van der Waals surface area contributed by atoms with Crippen molar-refractivity contribution in [2.45, 2.75) is 6.36 Å². The lowest BCUT2D eigenvalue weighted by Crippen LogP contribution is -2.18. The molecule has 0 saturated heterocycles. The van der Waals surface area contributed by atoms with Crippen LogP contribution in [0.3, 0.4) is 0 Å². The molecular formula is C7HBrF4N2O. The first-order chi connectivity index (χ1) is 6.83. The predicted molar refractivity (Wildman–Crippen MR) is 43.3 cm³/mol. The number of aromatic nitrogens is 1. The van der Waals surface area contributed by atoms with Gasteiger partial charge in [0.1, 0.15) is 6.07 Å². The zero-order valence-corrected chi connectivity index (χ0v) is 8.36. The summed E-state index contributed by atoms with van der Waals surface area (Å²) >= 11 is 2.62. The number of nitriles is 1. The van der Waals surface area contributed by atoms with Crippen molar-refractivity contribution < 1.29 is 22.3 Å². The summed E-state index contributed by atoms with van der Waals surface area (Å²) in [6.07, 6.45) is -4.95. The number of ether oxygens (including phenoxy) is 1. The lowest BCUT2D eigenvalue weighted by atomic mass is 10.3. The molecule has 0 bridgehead atoms. The fraction of sp³-hybridized carbons (Fsp3) is 0.143. The fourth-order valence-electron chi connectivity index (χ4n) is 0.732. The summed E-state index contributed by atoms with van der Waals surface area (Å²) in [5, 5.41) is 8.39. The van der Waals surface area contributed by atoms with E-state index in [2.05, 4.69) is 25.7 Å². The van der Waals surface area contributed by atoms with Crippen LogP contribution in [0, 0.1) is 17.3 Å². The molecule has 0 aliphatic carbocycles. The van der Waals surface area contributed by atoms with Crippen molar-refractivity contribution >= 4 is 15.9 Å². The number of rotatable bonds is 1. The third kappa shape index (κ3) is 3.06. The second kappa shape index (κ2) is 4.02. The van der Waals surface area contributed by atoms with Crippen LogP contribution in [0.5, 0.6) is 5.75 Å². The van der Waals surface area contributed by atoms with Crippen LogP contribution in [0.1, 0.15) is 5.69 Å². The molecule has 0 aromatic carbocycles. The first-order valence-electron chi connectivity index (χ1n) is 3.35. The minimum atomic E-state index is -4.95. The van der Waals surface area contributed by atoms with Gasteiger partial charge in [0.15, 0.2) is 11.4 Å². The molecule has 1 aromatic heterocycles. The standard InChI is InChI=1S/C7HBrF4N2O/c8-3-1-5(15-7(10,11)12)4(2-13)14-6(3)9/h1H. The van der Waals surface area contributed by atoms with Crippen LogP contribution in [0.2, 0.25) is 0 Å². The van der Waals surface area contributed by atoms with Gasteiger partial charge in [-0.05, 0) is 15.9 Å². The van der Waals surface area contributed by atoms with E-state index in [1.807, 2.05) is 0 Å². The molecule has 0 amide bonds. The zero-order valence-electron chi connectivity index (χ0n) is 6.77. The van der Waals surface area contributed by atoms with Crippen molar-refractivity contribution in [3.63, 3.8) is 0 Å². The molecule has 0 saturated carbocycles. The van der Waals surface area contributed by atoms with Crippen LogP contribution < -0.4 is 4.74 Å². The highest BCUT2D eigenvalue weighted by Crippen LogP contribution is 2.28. The molecule has 0 unspecified atom stereocenters. The third-order valence-corrected chi connectivity index (χ3v) is 1.79. The van der Waals surface area contributed by atoms with E-state index < -0.39 is 23.8 Å². The van der Waals surface area contributed by atoms with Crippen molar-refractivity contribution in [1.29, 1.82) is 5.26 Å². The minimum Gasteiger partial charge on any atom is -0.403 e. The van der Waals surface area contributed by atoms with E-state index in [-0.39, 0.29) is 4.47 Å². The Labute approximate surface area is 89.4 Å². The summed E-state index contributed by atoms with van der Waals surface area (Å²) in [5.74, 6) is -1.93. The lowest BCUT2D eigenvalue weighted by molar-refractivity contribution is -0.274. The average molecular weight is 285 g/mol. The summed E-state index contributed by atoms with van der Waals surface area (Å²) in [5.41, 5.74) is -0.770. The SMILES string of the molecule is N#Cc1nc(F)c(Br)cc1OC(F)(F)F. The predicted octanol–water partition coefficient (Wildman–Crippen LogP) is 2.75. The van der Waals surface area contributed by atoms with Crippen LogP contribution in [-0.2, 0) is 0 Å². The number of pyridine rings is 1. The molecule has 1 heterocycles. The molecule has 80 valence electrons. The Morgan fingerprint density at radius 2 is 2.07 bits per heavy atom. The second-order valence-electron chi connectivity index (χ2n) is 2.27. The van der Waals surface area contributed by atoms with E-state index >= 15 is 0 Å². The van der Waals surface area contributed by atoms with E-state index in [0.717, 1.165) is 0 Å². The van der Waals surface area contributed by atoms with Gasteiger partial charge in [0.25, 0.3) is 0 Å². The van der Waals surface area contributed by atoms with Gasteiger partial charge in [-0.2, -0.15) is 9.65 Å². The van der Waals surface area contributed by atoms with Crippen molar-refractivity contribution in [3.8, 4) is 11.8 Å². The maximum atomic E-state index is 12.7. The van der Waals surface area contributed by atoms with Crippen LogP contribution in [-0.4, -0.2) is 11.3 Å². The smallest absolute Gasteiger partial charge is 0.403 e. The summed E-state index contributed by atoms with van der Waals surface area (Å²) in [6.45, 7) is 0. The van der Waals surface area contributed by atoms with Crippen molar-refractivity contribution in [1.82, 2.24) is 4.98 Å². The Bertz CT molecular complexity index is 426. The first-order valence-corrected chi connectivity index (χ1v) is 4.14. The highest BCUT2D eigenvalue weighted by atomic mass is 79.9. The van der Waals surface area contributed by atoms with Gasteiger partial charge in [0.2, 0.25) is 5.95 Å². The molecule has 0 atom stereocenters. The monoisotopic (exact) mass is 284 g/mol. The van der Waals surface area contributed by atoms with Gasteiger partial charge in [-0.25, -0.2) is 4.98 Å². The van der Waals surface area contributed by atoms with Crippen molar-refractivity contribution in [2.24, 2.45) is 0 Å². The van der Waals surface area contributed by atoms with Gasteiger partial charge in [-0.1, -0.05) is 0 Å². The van der Waals surface area contributed by atoms with Crippen LogP contribution in [0.4, 0.5) is 17.6 Å². The molecule has 0 N–H and O–H groups in total. The molecular weight excluding hydrogens is 284 g/mol. The molecule has 0 spiro atoms. The number of halogens is 5. The van der Waals surface area contributed by atoms with E-state index in [9.17, 15) is 17.6 Å². The molecule has 0 aliphatic rings. The highest BCUT2D eigenvalue weighted by molar-refractivity contribution is 9.10. The number of hydrogen-bond acceptors (Lipinski definition) is 3. The molecule has 1 aromatic rings. The zero-order chi connectivity index (χ0) is 11.6. The summed E-state index contributed by atoms with van der Waals surface area (Å²) in [7, 11) is 0. The second-order valence-corrected chi connectivity index (χ2v) is 3.12. The molecule has 0 fully saturated rings. The van der Waals surface area contributed by atoms with Gasteiger partial charge >= 0.3 is 6.36 Å². The number of alkyl halides is 3. The fourth-order valence-corrected chi connectivity index (χ4v) is 1.03. The van der Waals surface area contributed by atoms with Crippen molar-refractivity contribution in [2.75, 3.05) is 0 Å². The van der Waals surface area contributed by atoms with E-state index in [0.29, 0.717) is 6.07 Å². The van der Waals surface area contributed by atoms with Gasteiger partial charge in [0.05, 0.1) is 4.47 Å². The molecule has 1 rings (SSSR count). The van der Waals surface area contributed by atoms with E-state index in [1.54, 1.807) is 0 Å². The van der Waals surface area contributed by atoms with Gasteiger partial charge < -0.3 is 4.74 Å². The minimum absolute atomic E-state index is 0.319. The van der Waals surface area contributed by atoms with Gasteiger partial charge in [-0.3, -0.25) is 0 Å². The Hall–Kier alpha value is -1.36. The average Bonchev–Trinajstić information content (AvgIpc) is 2.08. The number of hydrogen-bond donors (Lipinski definition) is 0.